The van der Waals surface area contributed by atoms with Gasteiger partial charge in [0.25, 0.3) is 0 Å². The van der Waals surface area contributed by atoms with Crippen LogP contribution in [0.25, 0.3) is 11.4 Å². The van der Waals surface area contributed by atoms with Crippen molar-refractivity contribution in [2.45, 2.75) is 13.5 Å². The lowest BCUT2D eigenvalue weighted by Gasteiger charge is -2.02. The van der Waals surface area contributed by atoms with Gasteiger partial charge in [-0.1, -0.05) is 24.3 Å². The lowest BCUT2D eigenvalue weighted by Crippen LogP contribution is -2.04. The van der Waals surface area contributed by atoms with Gasteiger partial charge in [-0.3, -0.25) is 4.68 Å². The molecular formula is C14H14N6O2. The molecule has 2 heterocycles. The van der Waals surface area contributed by atoms with Crippen LogP contribution in [0.3, 0.4) is 0 Å². The summed E-state index contributed by atoms with van der Waals surface area (Å²) in [6.07, 6.45) is 3.18. The second-order valence-corrected chi connectivity index (χ2v) is 4.58. The highest BCUT2D eigenvalue weighted by Crippen LogP contribution is 2.14. The van der Waals surface area contributed by atoms with Crippen LogP contribution in [-0.2, 0) is 11.3 Å². The second kappa shape index (κ2) is 6.17. The van der Waals surface area contributed by atoms with Gasteiger partial charge in [0.2, 0.25) is 5.82 Å². The summed E-state index contributed by atoms with van der Waals surface area (Å²) in [4.78, 5) is 11.6. The summed E-state index contributed by atoms with van der Waals surface area (Å²) in [5.41, 5.74) is 2.38. The van der Waals surface area contributed by atoms with E-state index < -0.39 is 0 Å². The molecule has 0 aliphatic heterocycles. The second-order valence-electron chi connectivity index (χ2n) is 4.58. The highest BCUT2D eigenvalue weighted by atomic mass is 16.5. The predicted molar refractivity (Wildman–Crippen MR) is 76.9 cm³/mol. The van der Waals surface area contributed by atoms with Crippen molar-refractivity contribution in [2.75, 3.05) is 6.61 Å². The molecule has 8 nitrogen and oxygen atoms in total. The average Bonchev–Trinajstić information content (AvgIpc) is 3.19. The SMILES string of the molecule is CCOC(=O)c1cnn(Cc2ccc(-c3nn[nH]n3)cc2)c1. The maximum Gasteiger partial charge on any atom is 0.341 e. The first-order valence-corrected chi connectivity index (χ1v) is 6.78. The molecular weight excluding hydrogens is 284 g/mol. The molecule has 0 aliphatic rings. The first-order chi connectivity index (χ1) is 10.8. The number of aromatic nitrogens is 6. The maximum atomic E-state index is 11.6. The summed E-state index contributed by atoms with van der Waals surface area (Å²) in [7, 11) is 0. The fourth-order valence-electron chi connectivity index (χ4n) is 2.00. The van der Waals surface area contributed by atoms with Crippen LogP contribution in [0.1, 0.15) is 22.8 Å². The lowest BCUT2D eigenvalue weighted by molar-refractivity contribution is 0.0526. The van der Waals surface area contributed by atoms with Crippen LogP contribution in [0.4, 0.5) is 0 Å². The molecule has 0 aliphatic carbocycles. The average molecular weight is 298 g/mol. The fraction of sp³-hybridized carbons (Fsp3) is 0.214. The summed E-state index contributed by atoms with van der Waals surface area (Å²) >= 11 is 0. The first kappa shape index (κ1) is 13.9. The van der Waals surface area contributed by atoms with E-state index in [0.717, 1.165) is 11.1 Å². The van der Waals surface area contributed by atoms with Crippen molar-refractivity contribution in [3.8, 4) is 11.4 Å². The van der Waals surface area contributed by atoms with E-state index in [4.69, 9.17) is 4.74 Å². The van der Waals surface area contributed by atoms with Gasteiger partial charge >= 0.3 is 5.97 Å². The molecule has 0 fully saturated rings. The van der Waals surface area contributed by atoms with Crippen molar-refractivity contribution >= 4 is 5.97 Å². The highest BCUT2D eigenvalue weighted by molar-refractivity contribution is 5.88. The molecule has 0 spiro atoms. The normalized spacial score (nSPS) is 10.6. The number of tetrazole rings is 1. The minimum atomic E-state index is -0.360. The van der Waals surface area contributed by atoms with Crippen molar-refractivity contribution in [2.24, 2.45) is 0 Å². The number of nitrogens with zero attached hydrogens (tertiary/aromatic N) is 5. The third kappa shape index (κ3) is 3.00. The van der Waals surface area contributed by atoms with Crippen molar-refractivity contribution in [1.82, 2.24) is 30.4 Å². The summed E-state index contributed by atoms with van der Waals surface area (Å²) in [5.74, 6) is 0.191. The van der Waals surface area contributed by atoms with Crippen molar-refractivity contribution in [3.63, 3.8) is 0 Å². The highest BCUT2D eigenvalue weighted by Gasteiger charge is 2.09. The number of carbonyl (C=O) groups excluding carboxylic acids is 1. The number of esters is 1. The molecule has 0 radical (unpaired) electrons. The standard InChI is InChI=1S/C14H14N6O2/c1-2-22-14(21)12-7-15-20(9-12)8-10-3-5-11(6-4-10)13-16-18-19-17-13/h3-7,9H,2,8H2,1H3,(H,16,17,18,19). The van der Waals surface area contributed by atoms with Crippen molar-refractivity contribution in [1.29, 1.82) is 0 Å². The van der Waals surface area contributed by atoms with Gasteiger partial charge in [0, 0.05) is 11.8 Å². The lowest BCUT2D eigenvalue weighted by atomic mass is 10.1. The topological polar surface area (TPSA) is 98.6 Å². The number of ether oxygens (including phenoxy) is 1. The van der Waals surface area contributed by atoms with Crippen LogP contribution in [0.15, 0.2) is 36.7 Å². The van der Waals surface area contributed by atoms with Crippen molar-refractivity contribution < 1.29 is 9.53 Å². The zero-order valence-corrected chi connectivity index (χ0v) is 11.9. The van der Waals surface area contributed by atoms with Crippen LogP contribution in [0.5, 0.6) is 0 Å². The molecule has 0 bridgehead atoms. The molecule has 1 aromatic carbocycles. The number of hydrogen-bond acceptors (Lipinski definition) is 6. The molecule has 0 saturated heterocycles. The smallest absolute Gasteiger partial charge is 0.341 e. The van der Waals surface area contributed by atoms with E-state index in [0.29, 0.717) is 24.5 Å². The zero-order valence-electron chi connectivity index (χ0n) is 11.9. The molecule has 22 heavy (non-hydrogen) atoms. The third-order valence-corrected chi connectivity index (χ3v) is 3.05. The molecule has 0 atom stereocenters. The largest absolute Gasteiger partial charge is 0.462 e. The Morgan fingerprint density at radius 1 is 1.32 bits per heavy atom. The van der Waals surface area contributed by atoms with Gasteiger partial charge in [-0.2, -0.15) is 10.3 Å². The van der Waals surface area contributed by atoms with Crippen molar-refractivity contribution in [3.05, 3.63) is 47.8 Å². The van der Waals surface area contributed by atoms with Crippen LogP contribution < -0.4 is 0 Å². The summed E-state index contributed by atoms with van der Waals surface area (Å²) in [5, 5.41) is 18.0. The molecule has 2 aromatic heterocycles. The molecule has 0 amide bonds. The van der Waals surface area contributed by atoms with Gasteiger partial charge in [0.05, 0.1) is 24.9 Å². The van der Waals surface area contributed by atoms with Gasteiger partial charge in [-0.05, 0) is 17.7 Å². The Hall–Kier alpha value is -3.03. The number of rotatable bonds is 5. The van der Waals surface area contributed by atoms with E-state index in [9.17, 15) is 4.79 Å². The number of H-pyrrole nitrogens is 1. The fourth-order valence-corrected chi connectivity index (χ4v) is 2.00. The first-order valence-electron chi connectivity index (χ1n) is 6.78. The molecule has 0 saturated carbocycles. The molecule has 1 N–H and O–H groups in total. The molecule has 3 rings (SSSR count). The predicted octanol–water partition coefficient (Wildman–Crippen LogP) is 1.29. The Labute approximate surface area is 126 Å². The zero-order chi connectivity index (χ0) is 15.4. The van der Waals surface area contributed by atoms with E-state index in [1.54, 1.807) is 17.8 Å². The summed E-state index contributed by atoms with van der Waals surface area (Å²) in [6.45, 7) is 2.68. The maximum absolute atomic E-state index is 11.6. The number of benzene rings is 1. The minimum Gasteiger partial charge on any atom is -0.462 e. The molecule has 112 valence electrons. The molecule has 3 aromatic rings. The third-order valence-electron chi connectivity index (χ3n) is 3.05. The van der Waals surface area contributed by atoms with Gasteiger partial charge in [-0.25, -0.2) is 4.79 Å². The van der Waals surface area contributed by atoms with E-state index in [1.807, 2.05) is 24.3 Å². The number of nitrogens with one attached hydrogen (secondary N) is 1. The van der Waals surface area contributed by atoms with E-state index in [1.165, 1.54) is 6.20 Å². The van der Waals surface area contributed by atoms with Crippen LogP contribution in [0, 0.1) is 0 Å². The van der Waals surface area contributed by atoms with Gasteiger partial charge < -0.3 is 4.74 Å². The quantitative estimate of drug-likeness (QED) is 0.713. The van der Waals surface area contributed by atoms with Crippen LogP contribution in [-0.4, -0.2) is 43.0 Å². The Kier molecular flexibility index (Phi) is 3.90. The molecule has 8 heteroatoms. The number of carbonyl (C=O) groups is 1. The number of hydrogen-bond donors (Lipinski definition) is 1. The van der Waals surface area contributed by atoms with Crippen LogP contribution >= 0.6 is 0 Å². The van der Waals surface area contributed by atoms with E-state index in [2.05, 4.69) is 25.7 Å². The van der Waals surface area contributed by atoms with Gasteiger partial charge in [-0.15, -0.1) is 10.2 Å². The molecule has 0 unspecified atom stereocenters. The summed E-state index contributed by atoms with van der Waals surface area (Å²) in [6, 6.07) is 7.74. The van der Waals surface area contributed by atoms with E-state index in [-0.39, 0.29) is 5.97 Å². The number of aromatic amines is 1. The monoisotopic (exact) mass is 298 g/mol. The Morgan fingerprint density at radius 3 is 2.82 bits per heavy atom. The van der Waals surface area contributed by atoms with Gasteiger partial charge in [0.1, 0.15) is 0 Å². The Bertz CT molecular complexity index is 748. The Balaban J connectivity index is 1.70. The van der Waals surface area contributed by atoms with E-state index >= 15 is 0 Å². The Morgan fingerprint density at radius 2 is 2.14 bits per heavy atom. The summed E-state index contributed by atoms with van der Waals surface area (Å²) < 4.78 is 6.62. The van der Waals surface area contributed by atoms with Gasteiger partial charge in [0.15, 0.2) is 0 Å². The van der Waals surface area contributed by atoms with Crippen LogP contribution in [0.2, 0.25) is 0 Å². The minimum absolute atomic E-state index is 0.349.